The Morgan fingerprint density at radius 2 is 0.896 bits per heavy atom. The first-order valence-electron chi connectivity index (χ1n) is 20.3. The number of rotatable bonds is 36. The van der Waals surface area contributed by atoms with Crippen LogP contribution in [-0.4, -0.2) is 23.1 Å². The summed E-state index contributed by atoms with van der Waals surface area (Å²) in [5, 5.41) is 9.13. The summed E-state index contributed by atoms with van der Waals surface area (Å²) in [7, 11) is 0. The molecule has 0 fully saturated rings. The topological polar surface area (TPSA) is 63.6 Å². The highest BCUT2D eigenvalue weighted by Gasteiger charge is 2.15. The Morgan fingerprint density at radius 3 is 1.35 bits per heavy atom. The van der Waals surface area contributed by atoms with Crippen molar-refractivity contribution in [2.24, 2.45) is 0 Å². The van der Waals surface area contributed by atoms with Crippen LogP contribution in [0.2, 0.25) is 0 Å². The number of carboxylic acids is 1. The molecule has 48 heavy (non-hydrogen) atoms. The molecule has 0 aliphatic heterocycles. The molecule has 0 heterocycles. The summed E-state index contributed by atoms with van der Waals surface area (Å²) in [6.45, 7) is 4.43. The van der Waals surface area contributed by atoms with Crippen molar-refractivity contribution in [2.75, 3.05) is 0 Å². The number of carboxylic acid groups (broad SMARTS) is 1. The van der Waals surface area contributed by atoms with E-state index in [1.165, 1.54) is 89.9 Å². The molecule has 0 aromatic carbocycles. The number of aliphatic carboxylic acids is 1. The van der Waals surface area contributed by atoms with E-state index in [9.17, 15) is 9.59 Å². The molecule has 4 heteroatoms. The maximum atomic E-state index is 12.5. The van der Waals surface area contributed by atoms with Gasteiger partial charge in [0.25, 0.3) is 0 Å². The summed E-state index contributed by atoms with van der Waals surface area (Å²) in [5.74, 6) is -0.991. The largest absolute Gasteiger partial charge is 0.481 e. The van der Waals surface area contributed by atoms with Crippen LogP contribution >= 0.6 is 0 Å². The van der Waals surface area contributed by atoms with Crippen molar-refractivity contribution in [2.45, 2.75) is 206 Å². The maximum absolute atomic E-state index is 12.5. The second-order valence-corrected chi connectivity index (χ2v) is 13.4. The zero-order valence-corrected chi connectivity index (χ0v) is 31.5. The van der Waals surface area contributed by atoms with Crippen molar-refractivity contribution in [3.63, 3.8) is 0 Å². The van der Waals surface area contributed by atoms with Gasteiger partial charge < -0.3 is 9.84 Å². The van der Waals surface area contributed by atoms with E-state index in [1.807, 2.05) is 0 Å². The number of carbonyl (C=O) groups excluding carboxylic acids is 1. The van der Waals surface area contributed by atoms with Crippen LogP contribution in [0.1, 0.15) is 200 Å². The smallest absolute Gasteiger partial charge is 0.306 e. The highest BCUT2D eigenvalue weighted by molar-refractivity contribution is 5.69. The molecule has 0 radical (unpaired) electrons. The van der Waals surface area contributed by atoms with Gasteiger partial charge in [0.2, 0.25) is 0 Å². The molecule has 0 rings (SSSR count). The predicted molar refractivity (Wildman–Crippen MR) is 208 cm³/mol. The zero-order valence-electron chi connectivity index (χ0n) is 31.5. The molecular formula is C44H76O4. The Morgan fingerprint density at radius 1 is 0.479 bits per heavy atom. The average Bonchev–Trinajstić information content (AvgIpc) is 3.07. The van der Waals surface area contributed by atoms with Crippen LogP contribution in [0.25, 0.3) is 0 Å². The first kappa shape index (κ1) is 45.6. The molecule has 0 aliphatic carbocycles. The number of hydrogen-bond acceptors (Lipinski definition) is 3. The fraction of sp³-hybridized carbons (Fsp3) is 0.727. The highest BCUT2D eigenvalue weighted by atomic mass is 16.5. The van der Waals surface area contributed by atoms with Gasteiger partial charge in [0, 0.05) is 12.8 Å². The Balaban J connectivity index is 3.82. The molecule has 0 spiro atoms. The van der Waals surface area contributed by atoms with Crippen molar-refractivity contribution in [3.05, 3.63) is 60.8 Å². The number of unbranched alkanes of at least 4 members (excludes halogenated alkanes) is 18. The molecule has 0 amide bonds. The molecule has 0 aromatic rings. The lowest BCUT2D eigenvalue weighted by Gasteiger charge is -2.17. The monoisotopic (exact) mass is 669 g/mol. The van der Waals surface area contributed by atoms with Crippen molar-refractivity contribution < 1.29 is 19.4 Å². The van der Waals surface area contributed by atoms with Gasteiger partial charge in [-0.15, -0.1) is 0 Å². The Hall–Kier alpha value is -2.36. The van der Waals surface area contributed by atoms with Gasteiger partial charge in [0.1, 0.15) is 6.10 Å². The third kappa shape index (κ3) is 38.1. The van der Waals surface area contributed by atoms with Gasteiger partial charge in [0.15, 0.2) is 0 Å². The van der Waals surface area contributed by atoms with Crippen molar-refractivity contribution >= 4 is 11.9 Å². The SMILES string of the molecule is CC/C=C\C/C=C\C/C=C\C/C=C\C/C=C\CCCCCC(=O)OC(CCCCCCCCCCCCCCCCCC)CCC(=O)O. The predicted octanol–water partition coefficient (Wildman–Crippen LogP) is 14.1. The minimum absolute atomic E-state index is 0.0596. The van der Waals surface area contributed by atoms with E-state index in [2.05, 4.69) is 74.6 Å². The van der Waals surface area contributed by atoms with E-state index >= 15 is 0 Å². The van der Waals surface area contributed by atoms with Crippen LogP contribution in [0.3, 0.4) is 0 Å². The first-order chi connectivity index (χ1) is 23.6. The van der Waals surface area contributed by atoms with Crippen LogP contribution in [0.4, 0.5) is 0 Å². The van der Waals surface area contributed by atoms with E-state index in [-0.39, 0.29) is 18.5 Å². The van der Waals surface area contributed by atoms with Gasteiger partial charge in [-0.25, -0.2) is 0 Å². The fourth-order valence-electron chi connectivity index (χ4n) is 5.79. The summed E-state index contributed by atoms with van der Waals surface area (Å²) in [4.78, 5) is 23.6. The Labute approximate surface area is 297 Å². The second kappa shape index (κ2) is 39.1. The van der Waals surface area contributed by atoms with E-state index < -0.39 is 5.97 Å². The van der Waals surface area contributed by atoms with Gasteiger partial charge in [0.05, 0.1) is 0 Å². The molecule has 0 saturated carbocycles. The average molecular weight is 669 g/mol. The minimum atomic E-state index is -0.821. The number of allylic oxidation sites excluding steroid dienone is 10. The van der Waals surface area contributed by atoms with Crippen LogP contribution in [0.5, 0.6) is 0 Å². The maximum Gasteiger partial charge on any atom is 0.306 e. The highest BCUT2D eigenvalue weighted by Crippen LogP contribution is 2.17. The number of ether oxygens (including phenoxy) is 1. The van der Waals surface area contributed by atoms with Crippen LogP contribution in [-0.2, 0) is 14.3 Å². The normalized spacial score (nSPS) is 12.9. The minimum Gasteiger partial charge on any atom is -0.481 e. The van der Waals surface area contributed by atoms with Crippen LogP contribution in [0, 0.1) is 0 Å². The fourth-order valence-corrected chi connectivity index (χ4v) is 5.79. The second-order valence-electron chi connectivity index (χ2n) is 13.4. The summed E-state index contributed by atoms with van der Waals surface area (Å²) < 4.78 is 5.73. The summed E-state index contributed by atoms with van der Waals surface area (Å²) in [6.07, 6.45) is 53.8. The van der Waals surface area contributed by atoms with Gasteiger partial charge in [-0.05, 0) is 70.6 Å². The lowest BCUT2D eigenvalue weighted by molar-refractivity contribution is -0.151. The summed E-state index contributed by atoms with van der Waals surface area (Å²) in [6, 6.07) is 0. The number of esters is 1. The Bertz CT molecular complexity index is 850. The standard InChI is InChI=1S/C44H76O4/c1-3-5-7-9-11-13-15-17-19-21-22-23-25-27-29-31-33-35-37-39-44(47)48-42(40-41-43(45)46)38-36-34-32-30-28-26-24-20-18-16-14-12-10-8-6-4-2/h5,7,11,13,17,19,22-23,27,29,42H,3-4,6,8-10,12,14-16,18,20-21,24-26,28,30-41H2,1-2H3,(H,45,46)/b7-5-,13-11-,19-17-,23-22-,29-27-. The van der Waals surface area contributed by atoms with Gasteiger partial charge in [-0.2, -0.15) is 0 Å². The lowest BCUT2D eigenvalue weighted by atomic mass is 10.0. The Kier molecular flexibility index (Phi) is 37.2. The summed E-state index contributed by atoms with van der Waals surface area (Å²) in [5.41, 5.74) is 0. The molecule has 4 nitrogen and oxygen atoms in total. The molecule has 0 aliphatic rings. The van der Waals surface area contributed by atoms with Crippen molar-refractivity contribution in [1.82, 2.24) is 0 Å². The molecule has 1 atom stereocenters. The first-order valence-corrected chi connectivity index (χ1v) is 20.3. The lowest BCUT2D eigenvalue weighted by Crippen LogP contribution is -2.19. The van der Waals surface area contributed by atoms with Gasteiger partial charge in [-0.3, -0.25) is 9.59 Å². The van der Waals surface area contributed by atoms with Crippen molar-refractivity contribution in [3.8, 4) is 0 Å². The third-order valence-corrected chi connectivity index (χ3v) is 8.77. The van der Waals surface area contributed by atoms with E-state index in [4.69, 9.17) is 9.84 Å². The van der Waals surface area contributed by atoms with Crippen molar-refractivity contribution in [1.29, 1.82) is 0 Å². The van der Waals surface area contributed by atoms with Crippen LogP contribution < -0.4 is 0 Å². The molecule has 0 aromatic heterocycles. The number of carbonyl (C=O) groups is 2. The van der Waals surface area contributed by atoms with E-state index in [1.54, 1.807) is 0 Å². The van der Waals surface area contributed by atoms with Gasteiger partial charge in [-0.1, -0.05) is 177 Å². The molecule has 276 valence electrons. The molecule has 0 saturated heterocycles. The van der Waals surface area contributed by atoms with Gasteiger partial charge >= 0.3 is 11.9 Å². The molecule has 1 N–H and O–H groups in total. The zero-order chi connectivity index (χ0) is 35.0. The molecule has 0 bridgehead atoms. The van der Waals surface area contributed by atoms with E-state index in [0.29, 0.717) is 12.8 Å². The number of hydrogen-bond donors (Lipinski definition) is 1. The molecule has 1 unspecified atom stereocenters. The quantitative estimate of drug-likeness (QED) is 0.0410. The van der Waals surface area contributed by atoms with E-state index in [0.717, 1.165) is 77.0 Å². The third-order valence-electron chi connectivity index (χ3n) is 8.77. The molecular weight excluding hydrogens is 592 g/mol. The summed E-state index contributed by atoms with van der Waals surface area (Å²) >= 11 is 0. The van der Waals surface area contributed by atoms with Crippen LogP contribution in [0.15, 0.2) is 60.8 Å².